The van der Waals surface area contributed by atoms with Gasteiger partial charge in [-0.05, 0) is 59.9 Å². The number of benzene rings is 2. The molecule has 186 valence electrons. The lowest BCUT2D eigenvalue weighted by Gasteiger charge is -2.10. The molecule has 2 aromatic heterocycles. The highest BCUT2D eigenvalue weighted by molar-refractivity contribution is 5.86. The van der Waals surface area contributed by atoms with Crippen LogP contribution in [0.3, 0.4) is 0 Å². The van der Waals surface area contributed by atoms with E-state index in [1.165, 1.54) is 0 Å². The number of nitrogens with one attached hydrogen (secondary N) is 2. The number of aromatic nitrogens is 2. The molecule has 0 saturated carbocycles. The number of anilines is 3. The molecule has 1 atom stereocenters. The largest absolute Gasteiger partial charge is 0.495 e. The Bertz CT molecular complexity index is 1380. The Kier molecular flexibility index (Phi) is 7.48. The number of carbonyl (C=O) groups is 2. The first kappa shape index (κ1) is 24.7. The smallest absolute Gasteiger partial charge is 0.303 e. The molecule has 4 rings (SSSR count). The SMILES string of the molecule is COc1ccc(C)cc1Nc1nc2ccc(CC(=O)CNc3ccc(C(C)CC(=O)O)cn3)cc2o1. The lowest BCUT2D eigenvalue weighted by Crippen LogP contribution is -2.16. The van der Waals surface area contributed by atoms with Crippen LogP contribution in [-0.2, 0) is 16.0 Å². The number of nitrogens with zero attached hydrogens (tertiary/aromatic N) is 2. The number of ether oxygens (including phenoxy) is 1. The fraction of sp³-hybridized carbons (Fsp3) is 0.259. The van der Waals surface area contributed by atoms with E-state index in [4.69, 9.17) is 14.3 Å². The number of pyridine rings is 1. The van der Waals surface area contributed by atoms with Gasteiger partial charge in [-0.25, -0.2) is 4.98 Å². The highest BCUT2D eigenvalue weighted by Gasteiger charge is 2.13. The van der Waals surface area contributed by atoms with Crippen molar-refractivity contribution in [2.45, 2.75) is 32.6 Å². The van der Waals surface area contributed by atoms with Gasteiger partial charge in [-0.2, -0.15) is 4.98 Å². The quantitative estimate of drug-likeness (QED) is 0.265. The number of aliphatic carboxylic acids is 1. The van der Waals surface area contributed by atoms with Crippen LogP contribution in [0.1, 0.15) is 36.0 Å². The molecule has 0 spiro atoms. The molecule has 0 aliphatic carbocycles. The summed E-state index contributed by atoms with van der Waals surface area (Å²) in [4.78, 5) is 32.2. The van der Waals surface area contributed by atoms with Gasteiger partial charge >= 0.3 is 5.97 Å². The van der Waals surface area contributed by atoms with Gasteiger partial charge in [0.15, 0.2) is 11.4 Å². The standard InChI is InChI=1S/C27H28N4O5/c1-16-4-8-23(35-3)22(10-16)31-27-30-21-7-5-18(13-24(21)36-27)12-20(32)15-29-25-9-6-19(14-28-25)17(2)11-26(33)34/h4-10,13-14,17H,11-12,15H2,1-3H3,(H,28,29)(H,30,31)(H,33,34). The van der Waals surface area contributed by atoms with E-state index in [-0.39, 0.29) is 31.1 Å². The molecule has 0 bridgehead atoms. The van der Waals surface area contributed by atoms with Gasteiger partial charge in [0, 0.05) is 12.6 Å². The molecular formula is C27H28N4O5. The van der Waals surface area contributed by atoms with Gasteiger partial charge in [0.25, 0.3) is 6.01 Å². The van der Waals surface area contributed by atoms with Crippen LogP contribution in [0.4, 0.5) is 17.5 Å². The summed E-state index contributed by atoms with van der Waals surface area (Å²) in [5.41, 5.74) is 4.74. The minimum atomic E-state index is -0.849. The third kappa shape index (κ3) is 6.18. The third-order valence-corrected chi connectivity index (χ3v) is 5.75. The van der Waals surface area contributed by atoms with E-state index in [1.54, 1.807) is 19.4 Å². The number of methoxy groups -OCH3 is 1. The molecule has 0 radical (unpaired) electrons. The average molecular weight is 489 g/mol. The van der Waals surface area contributed by atoms with Gasteiger partial charge in [0.2, 0.25) is 0 Å². The lowest BCUT2D eigenvalue weighted by molar-refractivity contribution is -0.137. The van der Waals surface area contributed by atoms with Gasteiger partial charge in [-0.15, -0.1) is 0 Å². The number of Topliss-reactive ketones (excluding diaryl/α,β-unsaturated/α-hetero) is 1. The normalized spacial score (nSPS) is 11.8. The van der Waals surface area contributed by atoms with Crippen LogP contribution in [0, 0.1) is 6.92 Å². The highest BCUT2D eigenvalue weighted by atomic mass is 16.5. The van der Waals surface area contributed by atoms with Crippen molar-refractivity contribution >= 4 is 40.4 Å². The summed E-state index contributed by atoms with van der Waals surface area (Å²) >= 11 is 0. The number of hydrogen-bond acceptors (Lipinski definition) is 8. The van der Waals surface area contributed by atoms with Crippen molar-refractivity contribution < 1.29 is 23.8 Å². The van der Waals surface area contributed by atoms with Crippen molar-refractivity contribution in [3.8, 4) is 5.75 Å². The summed E-state index contributed by atoms with van der Waals surface area (Å²) in [7, 11) is 1.61. The van der Waals surface area contributed by atoms with Crippen LogP contribution in [0.2, 0.25) is 0 Å². The summed E-state index contributed by atoms with van der Waals surface area (Å²) in [5, 5.41) is 15.1. The summed E-state index contributed by atoms with van der Waals surface area (Å²) in [6, 6.07) is 15.2. The number of carboxylic acid groups (broad SMARTS) is 1. The summed E-state index contributed by atoms with van der Waals surface area (Å²) < 4.78 is 11.3. The number of rotatable bonds is 11. The summed E-state index contributed by atoms with van der Waals surface area (Å²) in [5.74, 6) is 0.244. The zero-order valence-corrected chi connectivity index (χ0v) is 20.4. The number of carbonyl (C=O) groups excluding carboxylic acids is 1. The molecule has 0 amide bonds. The van der Waals surface area contributed by atoms with E-state index in [0.29, 0.717) is 28.7 Å². The summed E-state index contributed by atoms with van der Waals surface area (Å²) in [6.45, 7) is 3.94. The Morgan fingerprint density at radius 1 is 1.14 bits per heavy atom. The Morgan fingerprint density at radius 2 is 1.97 bits per heavy atom. The maximum Gasteiger partial charge on any atom is 0.303 e. The molecule has 9 nitrogen and oxygen atoms in total. The van der Waals surface area contributed by atoms with Crippen LogP contribution in [0.5, 0.6) is 5.75 Å². The molecule has 9 heteroatoms. The molecule has 3 N–H and O–H groups in total. The molecule has 0 saturated heterocycles. The van der Waals surface area contributed by atoms with E-state index < -0.39 is 5.97 Å². The first-order valence-corrected chi connectivity index (χ1v) is 11.5. The number of fused-ring (bicyclic) bond motifs is 1. The molecular weight excluding hydrogens is 460 g/mol. The van der Waals surface area contributed by atoms with Crippen LogP contribution in [-0.4, -0.2) is 40.5 Å². The molecule has 0 aliphatic rings. The predicted molar refractivity (Wildman–Crippen MR) is 137 cm³/mol. The predicted octanol–water partition coefficient (Wildman–Crippen LogP) is 5.09. The van der Waals surface area contributed by atoms with Crippen LogP contribution < -0.4 is 15.4 Å². The van der Waals surface area contributed by atoms with Gasteiger partial charge in [0.1, 0.15) is 17.1 Å². The summed E-state index contributed by atoms with van der Waals surface area (Å²) in [6.07, 6.45) is 1.90. The maximum atomic E-state index is 12.5. The van der Waals surface area contributed by atoms with Crippen molar-refractivity contribution in [1.82, 2.24) is 9.97 Å². The molecule has 2 aromatic carbocycles. The van der Waals surface area contributed by atoms with Gasteiger partial charge in [-0.1, -0.05) is 25.1 Å². The van der Waals surface area contributed by atoms with E-state index in [2.05, 4.69) is 20.6 Å². The van der Waals surface area contributed by atoms with Gasteiger partial charge < -0.3 is 24.9 Å². The minimum Gasteiger partial charge on any atom is -0.495 e. The van der Waals surface area contributed by atoms with Crippen LogP contribution >= 0.6 is 0 Å². The van der Waals surface area contributed by atoms with Gasteiger partial charge in [-0.3, -0.25) is 9.59 Å². The molecule has 4 aromatic rings. The lowest BCUT2D eigenvalue weighted by atomic mass is 10.00. The van der Waals surface area contributed by atoms with Gasteiger partial charge in [0.05, 0.1) is 25.8 Å². The Labute approximate surface area is 208 Å². The van der Waals surface area contributed by atoms with Crippen molar-refractivity contribution in [2.75, 3.05) is 24.3 Å². The van der Waals surface area contributed by atoms with E-state index in [1.807, 2.05) is 56.3 Å². The Morgan fingerprint density at radius 3 is 2.69 bits per heavy atom. The number of hydrogen-bond donors (Lipinski definition) is 3. The number of carboxylic acids is 1. The molecule has 0 fully saturated rings. The molecule has 2 heterocycles. The molecule has 1 unspecified atom stereocenters. The second kappa shape index (κ2) is 10.9. The topological polar surface area (TPSA) is 127 Å². The monoisotopic (exact) mass is 488 g/mol. The van der Waals surface area contributed by atoms with E-state index >= 15 is 0 Å². The second-order valence-corrected chi connectivity index (χ2v) is 8.69. The Balaban J connectivity index is 1.35. The third-order valence-electron chi connectivity index (χ3n) is 5.75. The minimum absolute atomic E-state index is 0.0122. The number of ketones is 1. The van der Waals surface area contributed by atoms with Crippen molar-refractivity contribution in [3.63, 3.8) is 0 Å². The first-order valence-electron chi connectivity index (χ1n) is 11.5. The van der Waals surface area contributed by atoms with E-state index in [0.717, 1.165) is 22.4 Å². The second-order valence-electron chi connectivity index (χ2n) is 8.69. The number of aryl methyl sites for hydroxylation is 1. The fourth-order valence-corrected chi connectivity index (χ4v) is 3.83. The van der Waals surface area contributed by atoms with Crippen molar-refractivity contribution in [1.29, 1.82) is 0 Å². The average Bonchev–Trinajstić information content (AvgIpc) is 3.24. The maximum absolute atomic E-state index is 12.5. The zero-order valence-electron chi connectivity index (χ0n) is 20.4. The molecule has 0 aliphatic heterocycles. The first-order chi connectivity index (χ1) is 17.3. The zero-order chi connectivity index (χ0) is 25.7. The highest BCUT2D eigenvalue weighted by Crippen LogP contribution is 2.30. The van der Waals surface area contributed by atoms with Crippen molar-refractivity contribution in [2.24, 2.45) is 0 Å². The Hall–Kier alpha value is -4.40. The van der Waals surface area contributed by atoms with Crippen LogP contribution in [0.15, 0.2) is 59.1 Å². The van der Waals surface area contributed by atoms with Crippen LogP contribution in [0.25, 0.3) is 11.1 Å². The molecule has 36 heavy (non-hydrogen) atoms. The van der Waals surface area contributed by atoms with E-state index in [9.17, 15) is 9.59 Å². The van der Waals surface area contributed by atoms with Crippen molar-refractivity contribution in [3.05, 3.63) is 71.4 Å². The number of oxazole rings is 1. The fourth-order valence-electron chi connectivity index (χ4n) is 3.83.